The molecule has 2 aromatic rings. The maximum Gasteiger partial charge on any atom is 0.235 e. The Bertz CT molecular complexity index is 660. The van der Waals surface area contributed by atoms with Gasteiger partial charge >= 0.3 is 0 Å². The van der Waals surface area contributed by atoms with E-state index in [1.807, 2.05) is 62.9 Å². The van der Waals surface area contributed by atoms with Crippen LogP contribution >= 0.6 is 12.2 Å². The zero-order valence-corrected chi connectivity index (χ0v) is 13.5. The summed E-state index contributed by atoms with van der Waals surface area (Å²) < 4.78 is 2.89. The lowest BCUT2D eigenvalue weighted by Crippen LogP contribution is -2.41. The van der Waals surface area contributed by atoms with Crippen molar-refractivity contribution in [1.82, 2.24) is 5.10 Å². The molecule has 1 aromatic heterocycles. The normalized spacial score (nSPS) is 10.4. The maximum absolute atomic E-state index is 5.65. The molecule has 0 fully saturated rings. The second-order valence-electron chi connectivity index (χ2n) is 5.18. The minimum absolute atomic E-state index is 0.862. The van der Waals surface area contributed by atoms with E-state index in [2.05, 4.69) is 22.1 Å². The van der Waals surface area contributed by atoms with E-state index in [-0.39, 0.29) is 0 Å². The molecule has 0 saturated heterocycles. The van der Waals surface area contributed by atoms with Crippen molar-refractivity contribution in [2.75, 3.05) is 38.0 Å². The molecular formula is C15H21N4S+. The van der Waals surface area contributed by atoms with Crippen LogP contribution in [0.3, 0.4) is 0 Å². The number of nitrogens with one attached hydrogen (secondary N) is 1. The van der Waals surface area contributed by atoms with E-state index in [1.54, 1.807) is 0 Å². The minimum atomic E-state index is 0.862. The molecule has 20 heavy (non-hydrogen) atoms. The van der Waals surface area contributed by atoms with E-state index in [0.717, 1.165) is 27.4 Å². The number of aromatic nitrogens is 2. The molecule has 1 heterocycles. The fourth-order valence-electron chi connectivity index (χ4n) is 2.19. The average molecular weight is 289 g/mol. The number of H-pyrrole nitrogens is 1. The van der Waals surface area contributed by atoms with Gasteiger partial charge in [0.25, 0.3) is 0 Å². The van der Waals surface area contributed by atoms with Gasteiger partial charge in [-0.3, -0.25) is 0 Å². The highest BCUT2D eigenvalue weighted by Crippen LogP contribution is 2.26. The third-order valence-corrected chi connectivity index (χ3v) is 3.72. The fourth-order valence-corrected chi connectivity index (χ4v) is 2.56. The summed E-state index contributed by atoms with van der Waals surface area (Å²) in [4.78, 5) is 4.10. The Morgan fingerprint density at radius 1 is 1.00 bits per heavy atom. The van der Waals surface area contributed by atoms with Crippen molar-refractivity contribution in [1.29, 1.82) is 0 Å². The molecule has 2 rings (SSSR count). The Labute approximate surface area is 125 Å². The molecule has 4 nitrogen and oxygen atoms in total. The van der Waals surface area contributed by atoms with Crippen molar-refractivity contribution in [2.24, 2.45) is 0 Å². The van der Waals surface area contributed by atoms with Crippen molar-refractivity contribution in [3.8, 4) is 5.69 Å². The lowest BCUT2D eigenvalue weighted by molar-refractivity contribution is -0.665. The summed E-state index contributed by atoms with van der Waals surface area (Å²) in [5.74, 6) is 0.995. The lowest BCUT2D eigenvalue weighted by atomic mass is 10.2. The Morgan fingerprint density at radius 3 is 2.10 bits per heavy atom. The monoisotopic (exact) mass is 289 g/mol. The van der Waals surface area contributed by atoms with Gasteiger partial charge < -0.3 is 9.80 Å². The molecule has 0 aliphatic heterocycles. The van der Waals surface area contributed by atoms with Crippen LogP contribution in [0.15, 0.2) is 30.3 Å². The van der Waals surface area contributed by atoms with Crippen LogP contribution in [0.2, 0.25) is 0 Å². The molecule has 0 saturated carbocycles. The highest BCUT2D eigenvalue weighted by atomic mass is 32.1. The number of aromatic amines is 1. The standard InChI is InChI=1S/C15H20N4S/c1-11-14(20)13(17(2)3)15(18(4)5)16-19(11)12-9-7-6-8-10-12/h6-10H,1-5H3/p+1. The van der Waals surface area contributed by atoms with Gasteiger partial charge in [-0.15, -0.1) is 5.10 Å². The Morgan fingerprint density at radius 2 is 1.60 bits per heavy atom. The smallest absolute Gasteiger partial charge is 0.235 e. The highest BCUT2D eigenvalue weighted by molar-refractivity contribution is 7.71. The van der Waals surface area contributed by atoms with Crippen LogP contribution in [-0.2, 0) is 0 Å². The van der Waals surface area contributed by atoms with Gasteiger partial charge in [0, 0.05) is 47.2 Å². The molecule has 0 aliphatic rings. The first-order valence-electron chi connectivity index (χ1n) is 6.52. The van der Waals surface area contributed by atoms with Gasteiger partial charge in [-0.1, -0.05) is 35.1 Å². The maximum atomic E-state index is 5.65. The summed E-state index contributed by atoms with van der Waals surface area (Å²) in [6.45, 7) is 2.04. The van der Waals surface area contributed by atoms with Crippen LogP contribution in [0.25, 0.3) is 5.69 Å². The molecule has 1 aromatic carbocycles. The van der Waals surface area contributed by atoms with Crippen LogP contribution in [-0.4, -0.2) is 33.3 Å². The largest absolute Gasteiger partial charge is 0.373 e. The summed E-state index contributed by atoms with van der Waals surface area (Å²) in [7, 11) is 8.05. The summed E-state index contributed by atoms with van der Waals surface area (Å²) in [5.41, 5.74) is 3.14. The first kappa shape index (κ1) is 14.5. The Kier molecular flexibility index (Phi) is 4.09. The van der Waals surface area contributed by atoms with E-state index in [4.69, 9.17) is 12.2 Å². The van der Waals surface area contributed by atoms with Crippen LogP contribution in [0, 0.1) is 11.4 Å². The summed E-state index contributed by atoms with van der Waals surface area (Å²) in [6.07, 6.45) is 0. The van der Waals surface area contributed by atoms with E-state index < -0.39 is 0 Å². The molecule has 0 aliphatic carbocycles. The molecule has 5 heteroatoms. The van der Waals surface area contributed by atoms with Crippen LogP contribution in [0.5, 0.6) is 0 Å². The third kappa shape index (κ3) is 2.54. The van der Waals surface area contributed by atoms with Gasteiger partial charge in [0.15, 0.2) is 5.82 Å². The van der Waals surface area contributed by atoms with Crippen molar-refractivity contribution in [3.63, 3.8) is 0 Å². The number of anilines is 2. The second-order valence-corrected chi connectivity index (χ2v) is 5.59. The van der Waals surface area contributed by atoms with Crippen LogP contribution in [0.4, 0.5) is 11.5 Å². The fraction of sp³-hybridized carbons (Fsp3) is 0.333. The predicted octanol–water partition coefficient (Wildman–Crippen LogP) is 2.46. The molecular weight excluding hydrogens is 268 g/mol. The quantitative estimate of drug-likeness (QED) is 0.694. The zero-order chi connectivity index (χ0) is 14.9. The highest BCUT2D eigenvalue weighted by Gasteiger charge is 2.21. The number of rotatable bonds is 3. The van der Waals surface area contributed by atoms with E-state index in [9.17, 15) is 0 Å². The lowest BCUT2D eigenvalue weighted by Gasteiger charge is -2.21. The van der Waals surface area contributed by atoms with E-state index in [1.165, 1.54) is 0 Å². The first-order chi connectivity index (χ1) is 9.43. The molecule has 0 radical (unpaired) electrons. The molecule has 0 amide bonds. The van der Waals surface area contributed by atoms with Crippen molar-refractivity contribution >= 4 is 23.7 Å². The number of benzene rings is 1. The number of hydrogen-bond acceptors (Lipinski definition) is 3. The summed E-state index contributed by atoms with van der Waals surface area (Å²) >= 11 is 5.65. The topological polar surface area (TPSA) is 26.1 Å². The van der Waals surface area contributed by atoms with Gasteiger partial charge in [0.05, 0.1) is 0 Å². The van der Waals surface area contributed by atoms with Gasteiger partial charge in [-0.2, -0.15) is 0 Å². The predicted molar refractivity (Wildman–Crippen MR) is 86.5 cm³/mol. The average Bonchev–Trinajstić information content (AvgIpc) is 2.41. The van der Waals surface area contributed by atoms with Crippen LogP contribution in [0.1, 0.15) is 5.69 Å². The zero-order valence-electron chi connectivity index (χ0n) is 12.6. The third-order valence-electron chi connectivity index (χ3n) is 3.23. The summed E-state index contributed by atoms with van der Waals surface area (Å²) in [5, 5.41) is 3.45. The first-order valence-corrected chi connectivity index (χ1v) is 6.93. The van der Waals surface area contributed by atoms with Crippen LogP contribution < -0.4 is 14.5 Å². The van der Waals surface area contributed by atoms with E-state index >= 15 is 0 Å². The van der Waals surface area contributed by atoms with Gasteiger partial charge in [0.1, 0.15) is 10.2 Å². The molecule has 106 valence electrons. The minimum Gasteiger partial charge on any atom is -0.373 e. The molecule has 0 atom stereocenters. The second kappa shape index (κ2) is 5.63. The SMILES string of the molecule is Cc1c(=S)c(N(C)C)c(N(C)C)[nH][n+]1-c1ccccc1. The van der Waals surface area contributed by atoms with Crippen molar-refractivity contribution in [3.05, 3.63) is 40.5 Å². The van der Waals surface area contributed by atoms with Gasteiger partial charge in [-0.25, -0.2) is 0 Å². The Balaban J connectivity index is 2.77. The number of nitrogens with zero attached hydrogens (tertiary/aromatic N) is 3. The van der Waals surface area contributed by atoms with E-state index in [0.29, 0.717) is 0 Å². The molecule has 1 N–H and O–H groups in total. The van der Waals surface area contributed by atoms with Gasteiger partial charge in [-0.05, 0) is 0 Å². The number of hydrogen-bond donors (Lipinski definition) is 1. The van der Waals surface area contributed by atoms with Crippen molar-refractivity contribution in [2.45, 2.75) is 6.92 Å². The summed E-state index contributed by atoms with van der Waals surface area (Å²) in [6, 6.07) is 10.2. The van der Waals surface area contributed by atoms with Gasteiger partial charge in [0.2, 0.25) is 11.4 Å². The molecule has 0 spiro atoms. The molecule has 0 bridgehead atoms. The molecule has 0 unspecified atom stereocenters. The Hall–Kier alpha value is -1.88. The number of para-hydroxylation sites is 1. The van der Waals surface area contributed by atoms with Crippen molar-refractivity contribution < 1.29 is 4.68 Å².